The highest BCUT2D eigenvalue weighted by Gasteiger charge is 2.09. The SMILES string of the molecule is CCO/C(I)=C(/C)P(CC)CC. The molecule has 12 heavy (non-hydrogen) atoms. The molecule has 0 aliphatic rings. The normalized spacial score (nSPS) is 13.2. The Morgan fingerprint density at radius 1 is 1.25 bits per heavy atom. The van der Waals surface area contributed by atoms with Gasteiger partial charge in [-0.1, -0.05) is 21.8 Å². The van der Waals surface area contributed by atoms with Gasteiger partial charge in [0.15, 0.2) is 3.77 Å². The summed E-state index contributed by atoms with van der Waals surface area (Å²) in [6.45, 7) is 9.54. The van der Waals surface area contributed by atoms with Crippen molar-refractivity contribution in [2.45, 2.75) is 27.7 Å². The second-order valence-electron chi connectivity index (χ2n) is 2.46. The van der Waals surface area contributed by atoms with Crippen LogP contribution in [0, 0.1) is 0 Å². The first kappa shape index (κ1) is 12.7. The van der Waals surface area contributed by atoms with E-state index in [0.717, 1.165) is 10.4 Å². The number of ether oxygens (including phenoxy) is 1. The molecule has 0 amide bonds. The van der Waals surface area contributed by atoms with Crippen molar-refractivity contribution in [3.05, 3.63) is 9.08 Å². The molecular weight excluding hydrogens is 282 g/mol. The molecule has 0 unspecified atom stereocenters. The Labute approximate surface area is 90.8 Å². The van der Waals surface area contributed by atoms with E-state index in [1.165, 1.54) is 17.6 Å². The zero-order valence-corrected chi connectivity index (χ0v) is 11.4. The van der Waals surface area contributed by atoms with Crippen molar-refractivity contribution in [2.24, 2.45) is 0 Å². The summed E-state index contributed by atoms with van der Waals surface area (Å²) in [5.74, 6) is 0. The van der Waals surface area contributed by atoms with E-state index in [1.807, 2.05) is 6.92 Å². The van der Waals surface area contributed by atoms with Crippen molar-refractivity contribution < 1.29 is 4.74 Å². The largest absolute Gasteiger partial charge is 0.488 e. The molecule has 0 spiro atoms. The van der Waals surface area contributed by atoms with Crippen LogP contribution in [-0.2, 0) is 4.74 Å². The first-order valence-electron chi connectivity index (χ1n) is 4.41. The molecule has 0 aliphatic carbocycles. The number of rotatable bonds is 5. The molecule has 0 rings (SSSR count). The second-order valence-corrected chi connectivity index (χ2v) is 6.46. The van der Waals surface area contributed by atoms with Crippen LogP contribution in [0.1, 0.15) is 27.7 Å². The molecule has 0 fully saturated rings. The zero-order valence-electron chi connectivity index (χ0n) is 8.35. The molecule has 0 N–H and O–H groups in total. The predicted octanol–water partition coefficient (Wildman–Crippen LogP) is 4.17. The highest BCUT2D eigenvalue weighted by atomic mass is 127. The van der Waals surface area contributed by atoms with Gasteiger partial charge in [-0.15, -0.1) is 0 Å². The van der Waals surface area contributed by atoms with E-state index < -0.39 is 0 Å². The monoisotopic (exact) mass is 300 g/mol. The molecule has 0 atom stereocenters. The molecule has 0 aromatic carbocycles. The standard InChI is InChI=1S/C9H18IOP/c1-5-11-9(10)8(4)12(6-2)7-3/h5-7H2,1-4H3/b9-8-. The van der Waals surface area contributed by atoms with Gasteiger partial charge < -0.3 is 4.74 Å². The average Bonchev–Trinajstić information content (AvgIpc) is 2.07. The summed E-state index contributed by atoms with van der Waals surface area (Å²) in [6.07, 6.45) is 2.55. The van der Waals surface area contributed by atoms with Gasteiger partial charge >= 0.3 is 0 Å². The fraction of sp³-hybridized carbons (Fsp3) is 0.778. The highest BCUT2D eigenvalue weighted by Crippen LogP contribution is 2.46. The van der Waals surface area contributed by atoms with Crippen molar-refractivity contribution in [3.8, 4) is 0 Å². The molecule has 0 bridgehead atoms. The van der Waals surface area contributed by atoms with Crippen LogP contribution in [0.2, 0.25) is 0 Å². The molecule has 0 aromatic heterocycles. The topological polar surface area (TPSA) is 9.23 Å². The third kappa shape index (κ3) is 4.08. The van der Waals surface area contributed by atoms with E-state index in [0.29, 0.717) is 0 Å². The Hall–Kier alpha value is 0.700. The molecule has 1 nitrogen and oxygen atoms in total. The van der Waals surface area contributed by atoms with Crippen LogP contribution in [-0.4, -0.2) is 18.9 Å². The first-order valence-corrected chi connectivity index (χ1v) is 7.20. The smallest absolute Gasteiger partial charge is 0.159 e. The average molecular weight is 300 g/mol. The van der Waals surface area contributed by atoms with Gasteiger partial charge in [0.05, 0.1) is 6.61 Å². The van der Waals surface area contributed by atoms with Crippen molar-refractivity contribution in [1.29, 1.82) is 0 Å². The zero-order chi connectivity index (χ0) is 9.56. The minimum atomic E-state index is 0.0787. The van der Waals surface area contributed by atoms with Crippen LogP contribution in [0.25, 0.3) is 0 Å². The van der Waals surface area contributed by atoms with E-state index in [2.05, 4.69) is 43.4 Å². The van der Waals surface area contributed by atoms with Crippen LogP contribution in [0.15, 0.2) is 9.08 Å². The Bertz CT molecular complexity index is 153. The molecule has 0 heterocycles. The highest BCUT2D eigenvalue weighted by molar-refractivity contribution is 14.1. The van der Waals surface area contributed by atoms with Gasteiger partial charge in [-0.3, -0.25) is 0 Å². The molecule has 0 radical (unpaired) electrons. The Kier molecular flexibility index (Phi) is 7.55. The molecule has 0 aliphatic heterocycles. The van der Waals surface area contributed by atoms with Crippen LogP contribution in [0.5, 0.6) is 0 Å². The maximum Gasteiger partial charge on any atom is 0.159 e. The van der Waals surface area contributed by atoms with Crippen molar-refractivity contribution in [1.82, 2.24) is 0 Å². The number of hydrogen-bond acceptors (Lipinski definition) is 1. The van der Waals surface area contributed by atoms with E-state index >= 15 is 0 Å². The maximum atomic E-state index is 5.47. The first-order chi connectivity index (χ1) is 5.67. The minimum absolute atomic E-state index is 0.0787. The molecule has 72 valence electrons. The van der Waals surface area contributed by atoms with Crippen LogP contribution in [0.4, 0.5) is 0 Å². The van der Waals surface area contributed by atoms with Crippen LogP contribution < -0.4 is 0 Å². The van der Waals surface area contributed by atoms with E-state index in [-0.39, 0.29) is 7.92 Å². The maximum absolute atomic E-state index is 5.47. The Morgan fingerprint density at radius 2 is 1.75 bits per heavy atom. The van der Waals surface area contributed by atoms with Gasteiger partial charge in [-0.25, -0.2) is 0 Å². The van der Waals surface area contributed by atoms with Gasteiger partial charge in [0.2, 0.25) is 0 Å². The lowest BCUT2D eigenvalue weighted by Gasteiger charge is -2.15. The second kappa shape index (κ2) is 7.14. The Balaban J connectivity index is 4.28. The lowest BCUT2D eigenvalue weighted by molar-refractivity contribution is 0.262. The third-order valence-corrected chi connectivity index (χ3v) is 6.02. The van der Waals surface area contributed by atoms with E-state index in [9.17, 15) is 0 Å². The summed E-state index contributed by atoms with van der Waals surface area (Å²) in [5, 5.41) is 1.47. The molecular formula is C9H18IOP. The van der Waals surface area contributed by atoms with Gasteiger partial charge in [-0.05, 0) is 54.1 Å². The van der Waals surface area contributed by atoms with Crippen molar-refractivity contribution in [2.75, 3.05) is 18.9 Å². The van der Waals surface area contributed by atoms with Gasteiger partial charge in [0.1, 0.15) is 0 Å². The summed E-state index contributed by atoms with van der Waals surface area (Å²) >= 11 is 2.30. The third-order valence-electron chi connectivity index (χ3n) is 1.79. The van der Waals surface area contributed by atoms with Crippen molar-refractivity contribution in [3.63, 3.8) is 0 Å². The number of hydrogen-bond donors (Lipinski definition) is 0. The quantitative estimate of drug-likeness (QED) is 0.421. The molecule has 3 heteroatoms. The van der Waals surface area contributed by atoms with E-state index in [1.54, 1.807) is 0 Å². The van der Waals surface area contributed by atoms with Gasteiger partial charge in [0.25, 0.3) is 0 Å². The fourth-order valence-corrected chi connectivity index (χ4v) is 4.10. The number of allylic oxidation sites excluding steroid dienone is 1. The summed E-state index contributed by atoms with van der Waals surface area (Å²) in [6, 6.07) is 0. The molecule has 0 saturated carbocycles. The predicted molar refractivity (Wildman–Crippen MR) is 66.3 cm³/mol. The number of halogens is 1. The van der Waals surface area contributed by atoms with Crippen molar-refractivity contribution >= 4 is 30.5 Å². The molecule has 0 saturated heterocycles. The lowest BCUT2D eigenvalue weighted by atomic mass is 10.7. The summed E-state index contributed by atoms with van der Waals surface area (Å²) in [7, 11) is 0.0787. The van der Waals surface area contributed by atoms with Gasteiger partial charge in [0, 0.05) is 0 Å². The lowest BCUT2D eigenvalue weighted by Crippen LogP contribution is -1.91. The summed E-state index contributed by atoms with van der Waals surface area (Å²) < 4.78 is 6.59. The minimum Gasteiger partial charge on any atom is -0.488 e. The van der Waals surface area contributed by atoms with E-state index in [4.69, 9.17) is 4.74 Å². The Morgan fingerprint density at radius 3 is 2.08 bits per heavy atom. The fourth-order valence-electron chi connectivity index (χ4n) is 1.05. The summed E-state index contributed by atoms with van der Waals surface area (Å²) in [5.41, 5.74) is 0. The van der Waals surface area contributed by atoms with Gasteiger partial charge in [-0.2, -0.15) is 0 Å². The van der Waals surface area contributed by atoms with Crippen LogP contribution in [0.3, 0.4) is 0 Å². The molecule has 0 aromatic rings. The summed E-state index contributed by atoms with van der Waals surface area (Å²) in [4.78, 5) is 0. The van der Waals surface area contributed by atoms with Crippen LogP contribution >= 0.6 is 30.5 Å².